The van der Waals surface area contributed by atoms with Gasteiger partial charge in [0.25, 0.3) is 5.91 Å². The van der Waals surface area contributed by atoms with Crippen LogP contribution in [0.2, 0.25) is 0 Å². The summed E-state index contributed by atoms with van der Waals surface area (Å²) >= 11 is 0. The van der Waals surface area contributed by atoms with E-state index in [0.717, 1.165) is 37.0 Å². The molecule has 3 fully saturated rings. The van der Waals surface area contributed by atoms with E-state index >= 15 is 0 Å². The number of anilines is 2. The molecule has 0 bridgehead atoms. The third-order valence-electron chi connectivity index (χ3n) is 7.79. The Hall–Kier alpha value is -3.33. The zero-order valence-electron chi connectivity index (χ0n) is 22.1. The largest absolute Gasteiger partial charge is 0.494 e. The van der Waals surface area contributed by atoms with Gasteiger partial charge in [0.2, 0.25) is 0 Å². The van der Waals surface area contributed by atoms with Crippen molar-refractivity contribution < 1.29 is 19.1 Å². The molecular formula is C29H39N5O4. The first-order valence-electron chi connectivity index (χ1n) is 14.0. The molecule has 0 radical (unpaired) electrons. The third kappa shape index (κ3) is 6.95. The molecule has 1 aromatic carbocycles. The van der Waals surface area contributed by atoms with Gasteiger partial charge in [0.1, 0.15) is 11.6 Å². The van der Waals surface area contributed by atoms with Crippen LogP contribution in [0.15, 0.2) is 42.6 Å². The second kappa shape index (κ2) is 13.0. The molecule has 1 aromatic heterocycles. The molecule has 2 aromatic rings. The summed E-state index contributed by atoms with van der Waals surface area (Å²) in [5.74, 6) is 2.38. The predicted octanol–water partition coefficient (Wildman–Crippen LogP) is 4.26. The van der Waals surface area contributed by atoms with Crippen molar-refractivity contribution in [3.05, 3.63) is 48.2 Å². The summed E-state index contributed by atoms with van der Waals surface area (Å²) < 4.78 is 11.4. The number of carbonyl (C=O) groups is 2. The van der Waals surface area contributed by atoms with Crippen molar-refractivity contribution in [3.63, 3.8) is 0 Å². The number of hydrogen-bond acceptors (Lipinski definition) is 6. The highest BCUT2D eigenvalue weighted by atomic mass is 16.5. The van der Waals surface area contributed by atoms with E-state index in [2.05, 4.69) is 15.2 Å². The number of ether oxygens (including phenoxy) is 2. The van der Waals surface area contributed by atoms with Crippen molar-refractivity contribution in [2.45, 2.75) is 38.5 Å². The van der Waals surface area contributed by atoms with Crippen LogP contribution in [-0.4, -0.2) is 85.8 Å². The van der Waals surface area contributed by atoms with Crippen LogP contribution in [-0.2, 0) is 4.74 Å². The maximum absolute atomic E-state index is 13.1. The van der Waals surface area contributed by atoms with Crippen LogP contribution in [0.3, 0.4) is 0 Å². The first-order valence-corrected chi connectivity index (χ1v) is 14.0. The lowest BCUT2D eigenvalue weighted by Crippen LogP contribution is -2.51. The van der Waals surface area contributed by atoms with Gasteiger partial charge >= 0.3 is 6.03 Å². The molecule has 3 amide bonds. The van der Waals surface area contributed by atoms with Gasteiger partial charge in [-0.15, -0.1) is 0 Å². The minimum atomic E-state index is -0.175. The smallest absolute Gasteiger partial charge is 0.322 e. The SMILES string of the molecule is O=C(Nc1ccc(N2CCOCC2)nc1)N1CCN(C(=O)c2cccc(OCCC3CCCCC3)c2)CC1. The summed E-state index contributed by atoms with van der Waals surface area (Å²) in [6.07, 6.45) is 9.42. The number of pyridine rings is 1. The van der Waals surface area contributed by atoms with Crippen LogP contribution >= 0.6 is 0 Å². The maximum Gasteiger partial charge on any atom is 0.322 e. The summed E-state index contributed by atoms with van der Waals surface area (Å²) in [4.78, 5) is 36.1. The van der Waals surface area contributed by atoms with Gasteiger partial charge in [0, 0.05) is 44.8 Å². The van der Waals surface area contributed by atoms with Crippen molar-refractivity contribution in [1.82, 2.24) is 14.8 Å². The number of amides is 3. The van der Waals surface area contributed by atoms with Crippen molar-refractivity contribution in [3.8, 4) is 5.75 Å². The van der Waals surface area contributed by atoms with Crippen LogP contribution in [0, 0.1) is 5.92 Å². The Morgan fingerprint density at radius 1 is 0.947 bits per heavy atom. The number of urea groups is 1. The van der Waals surface area contributed by atoms with Crippen molar-refractivity contribution >= 4 is 23.4 Å². The van der Waals surface area contributed by atoms with E-state index in [9.17, 15) is 9.59 Å². The summed E-state index contributed by atoms with van der Waals surface area (Å²) in [6, 6.07) is 11.1. The number of benzene rings is 1. The van der Waals surface area contributed by atoms with Crippen molar-refractivity contribution in [2.75, 3.05) is 69.3 Å². The van der Waals surface area contributed by atoms with Crippen LogP contribution in [0.5, 0.6) is 5.75 Å². The Morgan fingerprint density at radius 3 is 2.45 bits per heavy atom. The standard InChI is InChI=1S/C29H39N5O4/c35-28(24-7-4-8-26(21-24)38-18-11-23-5-2-1-3-6-23)33-12-14-34(15-13-33)29(36)31-25-9-10-27(30-22-25)32-16-19-37-20-17-32/h4,7-10,21-23H,1-3,5-6,11-20H2,(H,31,36). The lowest BCUT2D eigenvalue weighted by molar-refractivity contribution is 0.0671. The number of rotatable bonds is 7. The highest BCUT2D eigenvalue weighted by molar-refractivity contribution is 5.95. The van der Waals surface area contributed by atoms with Gasteiger partial charge in [-0.1, -0.05) is 38.2 Å². The van der Waals surface area contributed by atoms with Gasteiger partial charge in [-0.2, -0.15) is 0 Å². The highest BCUT2D eigenvalue weighted by Gasteiger charge is 2.25. The molecule has 0 atom stereocenters. The van der Waals surface area contributed by atoms with Gasteiger partial charge in [-0.3, -0.25) is 4.79 Å². The zero-order valence-corrected chi connectivity index (χ0v) is 22.1. The fourth-order valence-electron chi connectivity index (χ4n) is 5.48. The molecule has 38 heavy (non-hydrogen) atoms. The first-order chi connectivity index (χ1) is 18.7. The van der Waals surface area contributed by atoms with E-state index in [-0.39, 0.29) is 11.9 Å². The molecule has 9 heteroatoms. The van der Waals surface area contributed by atoms with Crippen LogP contribution in [0.25, 0.3) is 0 Å². The maximum atomic E-state index is 13.1. The first kappa shape index (κ1) is 26.3. The Kier molecular flexibility index (Phi) is 8.96. The Morgan fingerprint density at radius 2 is 1.71 bits per heavy atom. The molecule has 2 aliphatic heterocycles. The predicted molar refractivity (Wildman–Crippen MR) is 147 cm³/mol. The zero-order chi connectivity index (χ0) is 26.2. The van der Waals surface area contributed by atoms with E-state index in [4.69, 9.17) is 9.47 Å². The number of nitrogens with one attached hydrogen (secondary N) is 1. The fourth-order valence-corrected chi connectivity index (χ4v) is 5.48. The topological polar surface area (TPSA) is 87.2 Å². The lowest BCUT2D eigenvalue weighted by Gasteiger charge is -2.34. The molecule has 0 spiro atoms. The van der Waals surface area contributed by atoms with Gasteiger partial charge in [0.05, 0.1) is 31.7 Å². The number of hydrogen-bond donors (Lipinski definition) is 1. The Labute approximate surface area is 225 Å². The fraction of sp³-hybridized carbons (Fsp3) is 0.552. The molecule has 0 unspecified atom stereocenters. The van der Waals surface area contributed by atoms with Gasteiger partial charge in [0.15, 0.2) is 0 Å². The van der Waals surface area contributed by atoms with E-state index in [0.29, 0.717) is 57.3 Å². The molecule has 5 rings (SSSR count). The molecule has 1 aliphatic carbocycles. The Bertz CT molecular complexity index is 1060. The molecule has 3 heterocycles. The summed E-state index contributed by atoms with van der Waals surface area (Å²) in [5.41, 5.74) is 1.29. The van der Waals surface area contributed by atoms with E-state index < -0.39 is 0 Å². The summed E-state index contributed by atoms with van der Waals surface area (Å²) in [6.45, 7) is 5.69. The molecule has 9 nitrogen and oxygen atoms in total. The minimum absolute atomic E-state index is 0.0225. The second-order valence-electron chi connectivity index (χ2n) is 10.4. The lowest BCUT2D eigenvalue weighted by atomic mass is 9.87. The van der Waals surface area contributed by atoms with Crippen molar-refractivity contribution in [2.24, 2.45) is 5.92 Å². The average molecular weight is 522 g/mol. The normalized spacial score (nSPS) is 18.8. The Balaban J connectivity index is 1.07. The van der Waals surface area contributed by atoms with E-state index in [1.807, 2.05) is 41.3 Å². The quantitative estimate of drug-likeness (QED) is 0.586. The van der Waals surface area contributed by atoms with E-state index in [1.165, 1.54) is 32.1 Å². The molecule has 204 valence electrons. The second-order valence-corrected chi connectivity index (χ2v) is 10.4. The summed E-state index contributed by atoms with van der Waals surface area (Å²) in [5, 5.41) is 2.93. The van der Waals surface area contributed by atoms with Crippen LogP contribution in [0.1, 0.15) is 48.9 Å². The molecule has 1 saturated carbocycles. The average Bonchev–Trinajstić information content (AvgIpc) is 2.98. The number of carbonyl (C=O) groups excluding carboxylic acids is 2. The van der Waals surface area contributed by atoms with Crippen LogP contribution in [0.4, 0.5) is 16.3 Å². The molecule has 3 aliphatic rings. The number of morpholine rings is 1. The molecule has 1 N–H and O–H groups in total. The number of piperazine rings is 1. The minimum Gasteiger partial charge on any atom is -0.494 e. The van der Waals surface area contributed by atoms with Gasteiger partial charge in [-0.25, -0.2) is 9.78 Å². The van der Waals surface area contributed by atoms with Crippen LogP contribution < -0.4 is 15.0 Å². The van der Waals surface area contributed by atoms with Gasteiger partial charge in [-0.05, 0) is 42.7 Å². The number of aromatic nitrogens is 1. The summed E-state index contributed by atoms with van der Waals surface area (Å²) in [7, 11) is 0. The van der Waals surface area contributed by atoms with Gasteiger partial charge < -0.3 is 29.5 Å². The number of nitrogens with zero attached hydrogens (tertiary/aromatic N) is 4. The molecule has 2 saturated heterocycles. The van der Waals surface area contributed by atoms with E-state index in [1.54, 1.807) is 11.1 Å². The van der Waals surface area contributed by atoms with Crippen molar-refractivity contribution in [1.29, 1.82) is 0 Å². The highest BCUT2D eigenvalue weighted by Crippen LogP contribution is 2.26. The monoisotopic (exact) mass is 521 g/mol. The third-order valence-corrected chi connectivity index (χ3v) is 7.79. The molecular weight excluding hydrogens is 482 g/mol.